The van der Waals surface area contributed by atoms with Crippen molar-refractivity contribution >= 4 is 23.9 Å². The van der Waals surface area contributed by atoms with Crippen LogP contribution in [0.2, 0.25) is 0 Å². The van der Waals surface area contributed by atoms with Gasteiger partial charge in [-0.1, -0.05) is 0 Å². The molecule has 0 rings (SSSR count). The van der Waals surface area contributed by atoms with E-state index in [9.17, 15) is 34.5 Å². The predicted octanol–water partition coefficient (Wildman–Crippen LogP) is -20.3. The zero-order valence-electron chi connectivity index (χ0n) is 14.4. The monoisotopic (exact) mass is 472 g/mol. The second kappa shape index (κ2) is 30.0. The molecule has 150 valence electrons. The van der Waals surface area contributed by atoms with Crippen molar-refractivity contribution in [3.63, 3.8) is 0 Å². The summed E-state index contributed by atoms with van der Waals surface area (Å²) >= 11 is 0. The van der Waals surface area contributed by atoms with E-state index in [1.807, 2.05) is 0 Å². The quantitative estimate of drug-likeness (QED) is 0.225. The molecule has 4 atom stereocenters. The Morgan fingerprint density at radius 3 is 0.815 bits per heavy atom. The molecule has 0 bridgehead atoms. The number of rotatable bonds is 6. The van der Waals surface area contributed by atoms with Crippen LogP contribution in [0.1, 0.15) is 1.43 Å². The zero-order chi connectivity index (χ0) is 16.6. The smallest absolute Gasteiger partial charge is 0.547 e. The van der Waals surface area contributed by atoms with Gasteiger partial charge in [-0.2, -0.15) is 0 Å². The van der Waals surface area contributed by atoms with Crippen molar-refractivity contribution in [1.82, 2.24) is 0 Å². The van der Waals surface area contributed by atoms with Crippen LogP contribution in [-0.2, 0) is 19.2 Å². The van der Waals surface area contributed by atoms with Crippen LogP contribution in [0, 0.1) is 0 Å². The maximum atomic E-state index is 9.74. The first-order valence-electron chi connectivity index (χ1n) is 4.51. The van der Waals surface area contributed by atoms with Crippen LogP contribution in [0.15, 0.2) is 0 Å². The fourth-order valence-electron chi connectivity index (χ4n) is 0.522. The summed E-state index contributed by atoms with van der Waals surface area (Å²) in [6, 6.07) is 0. The van der Waals surface area contributed by atoms with E-state index in [-0.39, 0.29) is 156 Å². The standard InChI is InChI=1S/2C4H6O6.2K.Na.4H2O.H2/c2*5-1(3(7)8)2(6)4(9)10;;;;;;;;/h2*1-2,5-6H,(H,7,8)(H,9,10);;;;4*1H2;1H/q;;3*+1;;;;;/p-3. The Hall–Kier alpha value is 1.83. The third kappa shape index (κ3) is 27.8. The predicted molar refractivity (Wildman–Crippen MR) is 63.3 cm³/mol. The van der Waals surface area contributed by atoms with Gasteiger partial charge in [0.1, 0.15) is 18.3 Å². The van der Waals surface area contributed by atoms with Gasteiger partial charge in [0.15, 0.2) is 6.10 Å². The number of carbonyl (C=O) groups excluding carboxylic acids is 3. The molecule has 0 aliphatic rings. The van der Waals surface area contributed by atoms with E-state index in [4.69, 9.17) is 25.5 Å². The molecular weight excluding hydrogens is 453 g/mol. The molecule has 0 spiro atoms. The number of aliphatic hydroxyl groups is 4. The number of hydrogen-bond donors (Lipinski definition) is 5. The third-order valence-electron chi connectivity index (χ3n) is 1.58. The minimum Gasteiger partial charge on any atom is -0.547 e. The van der Waals surface area contributed by atoms with E-state index in [2.05, 4.69) is 0 Å². The molecule has 4 unspecified atom stereocenters. The van der Waals surface area contributed by atoms with Crippen molar-refractivity contribution in [2.75, 3.05) is 0 Å². The average Bonchev–Trinajstić information content (AvgIpc) is 2.35. The van der Waals surface area contributed by atoms with Gasteiger partial charge in [-0.05, 0) is 0 Å². The summed E-state index contributed by atoms with van der Waals surface area (Å²) in [5.74, 6) is -7.94. The van der Waals surface area contributed by atoms with E-state index in [1.54, 1.807) is 0 Å². The number of aliphatic hydroxyl groups excluding tert-OH is 4. The van der Waals surface area contributed by atoms with Gasteiger partial charge < -0.3 is 77.1 Å². The van der Waals surface area contributed by atoms with Crippen molar-refractivity contribution in [3.05, 3.63) is 0 Å². The van der Waals surface area contributed by atoms with Gasteiger partial charge in [0.05, 0.1) is 17.9 Å². The van der Waals surface area contributed by atoms with Crippen LogP contribution in [-0.4, -0.2) is 95.7 Å². The molecule has 13 N–H and O–H groups in total. The largest absolute Gasteiger partial charge is 1.00 e. The first kappa shape index (κ1) is 56.8. The molecule has 27 heavy (non-hydrogen) atoms. The fourth-order valence-corrected chi connectivity index (χ4v) is 0.522. The van der Waals surface area contributed by atoms with Crippen molar-refractivity contribution in [3.8, 4) is 0 Å². The maximum absolute atomic E-state index is 9.74. The maximum Gasteiger partial charge on any atom is 1.00 e. The second-order valence-electron chi connectivity index (χ2n) is 3.07. The SMILES string of the molecule is O.O.O.O.O=C([O-])C(O)C(O)C(=O)O.O=C([O-])C(O)C(O)C(=O)[O-].[HH].[K+].[K+].[Na+]. The van der Waals surface area contributed by atoms with Gasteiger partial charge in [0, 0.05) is 1.43 Å². The average molecular weight is 472 g/mol. The summed E-state index contributed by atoms with van der Waals surface area (Å²) in [5.41, 5.74) is 0. The number of carbonyl (C=O) groups is 4. The topological polar surface area (TPSA) is 365 Å². The summed E-state index contributed by atoms with van der Waals surface area (Å²) in [7, 11) is 0. The van der Waals surface area contributed by atoms with Crippen molar-refractivity contribution in [2.45, 2.75) is 24.4 Å². The van der Waals surface area contributed by atoms with Crippen LogP contribution in [0.5, 0.6) is 0 Å². The number of carboxylic acids is 4. The second-order valence-corrected chi connectivity index (χ2v) is 3.07. The van der Waals surface area contributed by atoms with Crippen LogP contribution in [0.3, 0.4) is 0 Å². The minimum atomic E-state index is -2.44. The summed E-state index contributed by atoms with van der Waals surface area (Å²) in [5, 5.41) is 69.9. The van der Waals surface area contributed by atoms with Crippen LogP contribution >= 0.6 is 0 Å². The van der Waals surface area contributed by atoms with E-state index in [0.29, 0.717) is 0 Å². The van der Waals surface area contributed by atoms with Gasteiger partial charge >= 0.3 is 138 Å². The molecule has 0 radical (unpaired) electrons. The van der Waals surface area contributed by atoms with E-state index in [0.717, 1.165) is 0 Å². The van der Waals surface area contributed by atoms with Gasteiger partial charge in [0.2, 0.25) is 0 Å². The molecule has 0 amide bonds. The third-order valence-corrected chi connectivity index (χ3v) is 1.58. The van der Waals surface area contributed by atoms with Crippen LogP contribution in [0.25, 0.3) is 0 Å². The molecule has 0 fully saturated rings. The molecule has 0 heterocycles. The van der Waals surface area contributed by atoms with Gasteiger partial charge in [-0.25, -0.2) is 4.79 Å². The van der Waals surface area contributed by atoms with Crippen molar-refractivity contribution in [1.29, 1.82) is 0 Å². The number of carboxylic acid groups (broad SMARTS) is 4. The molecule has 16 nitrogen and oxygen atoms in total. The fraction of sp³-hybridized carbons (Fsp3) is 0.500. The summed E-state index contributed by atoms with van der Waals surface area (Å²) in [4.78, 5) is 38.7. The zero-order valence-corrected chi connectivity index (χ0v) is 22.6. The molecule has 19 heteroatoms. The molecule has 0 saturated carbocycles. The number of aliphatic carboxylic acids is 4. The molecule has 0 aromatic heterocycles. The van der Waals surface area contributed by atoms with E-state index < -0.39 is 48.3 Å². The Kier molecular flexibility index (Phi) is 63.2. The Bertz CT molecular complexity index is 329. The molecule has 0 aromatic rings. The summed E-state index contributed by atoms with van der Waals surface area (Å²) < 4.78 is 0. The normalized spacial score (nSPS) is 11.7. The first-order valence-corrected chi connectivity index (χ1v) is 4.51. The Morgan fingerprint density at radius 1 is 0.593 bits per heavy atom. The Morgan fingerprint density at radius 2 is 0.741 bits per heavy atom. The van der Waals surface area contributed by atoms with Crippen molar-refractivity contribution in [2.24, 2.45) is 0 Å². The van der Waals surface area contributed by atoms with Gasteiger partial charge in [0.25, 0.3) is 0 Å². The Balaban J connectivity index is -0.0000000225. The van der Waals surface area contributed by atoms with E-state index in [1.165, 1.54) is 0 Å². The Labute approximate surface area is 259 Å². The van der Waals surface area contributed by atoms with Crippen molar-refractivity contribution < 1.29 is 216 Å². The molecule has 0 saturated heterocycles. The van der Waals surface area contributed by atoms with Gasteiger partial charge in [-0.15, -0.1) is 0 Å². The molecule has 0 aromatic carbocycles. The minimum absolute atomic E-state index is 0. The summed E-state index contributed by atoms with van der Waals surface area (Å²) in [6.07, 6.45) is -9.59. The van der Waals surface area contributed by atoms with Gasteiger partial charge in [-0.3, -0.25) is 0 Å². The molecular formula is C8H19K2NaO16. The summed E-state index contributed by atoms with van der Waals surface area (Å²) in [6.45, 7) is 0. The number of hydrogen-bond acceptors (Lipinski definition) is 11. The first-order chi connectivity index (χ1) is 8.93. The molecule has 0 aliphatic carbocycles. The van der Waals surface area contributed by atoms with Crippen LogP contribution in [0.4, 0.5) is 0 Å². The van der Waals surface area contributed by atoms with E-state index >= 15 is 0 Å². The van der Waals surface area contributed by atoms with Crippen LogP contribution < -0.4 is 148 Å². The molecule has 0 aliphatic heterocycles.